The van der Waals surface area contributed by atoms with E-state index in [1.165, 1.54) is 23.1 Å². The number of fused-ring (bicyclic) bond motifs is 1. The van der Waals surface area contributed by atoms with Crippen LogP contribution in [0.25, 0.3) is 0 Å². The van der Waals surface area contributed by atoms with E-state index in [0.29, 0.717) is 5.69 Å². The first-order valence-electron chi connectivity index (χ1n) is 6.63. The number of amides is 1. The van der Waals surface area contributed by atoms with Gasteiger partial charge < -0.3 is 14.7 Å². The maximum absolute atomic E-state index is 13.8. The lowest BCUT2D eigenvalue weighted by Crippen LogP contribution is -2.47. The average molecular weight is 301 g/mol. The topological polar surface area (TPSA) is 66.8 Å². The van der Waals surface area contributed by atoms with Crippen LogP contribution in [0.1, 0.15) is 10.4 Å². The summed E-state index contributed by atoms with van der Waals surface area (Å²) in [4.78, 5) is 25.0. The zero-order valence-corrected chi connectivity index (χ0v) is 11.4. The van der Waals surface area contributed by atoms with Crippen LogP contribution in [0, 0.1) is 5.82 Å². The summed E-state index contributed by atoms with van der Waals surface area (Å²) in [6.07, 6.45) is -1.19. The molecular formula is C16H12FNO4. The van der Waals surface area contributed by atoms with Crippen molar-refractivity contribution in [2.75, 3.05) is 11.4 Å². The molecule has 2 aromatic rings. The van der Waals surface area contributed by atoms with Crippen molar-refractivity contribution in [2.45, 2.75) is 6.10 Å². The molecule has 0 aromatic heterocycles. The van der Waals surface area contributed by atoms with Gasteiger partial charge in [0, 0.05) is 0 Å². The van der Waals surface area contributed by atoms with Crippen molar-refractivity contribution < 1.29 is 23.8 Å². The fraction of sp³-hybridized carbons (Fsp3) is 0.125. The van der Waals surface area contributed by atoms with Crippen LogP contribution in [0.5, 0.6) is 5.75 Å². The van der Waals surface area contributed by atoms with Crippen molar-refractivity contribution in [3.05, 3.63) is 59.9 Å². The van der Waals surface area contributed by atoms with Gasteiger partial charge in [-0.25, -0.2) is 9.18 Å². The second-order valence-corrected chi connectivity index (χ2v) is 4.81. The van der Waals surface area contributed by atoms with E-state index in [0.717, 1.165) is 0 Å². The molecule has 0 aliphatic carbocycles. The molecule has 3 rings (SSSR count). The number of nitrogens with zero attached hydrogens (tertiary/aromatic N) is 1. The summed E-state index contributed by atoms with van der Waals surface area (Å²) in [5.41, 5.74) is 0.316. The maximum Gasteiger partial charge on any atom is 0.346 e. The molecule has 0 saturated heterocycles. The minimum absolute atomic E-state index is 0.108. The molecule has 1 atom stereocenters. The molecule has 1 aliphatic rings. The molecule has 22 heavy (non-hydrogen) atoms. The number of benzene rings is 2. The number of hydrogen-bond acceptors (Lipinski definition) is 3. The molecule has 0 radical (unpaired) electrons. The van der Waals surface area contributed by atoms with Crippen molar-refractivity contribution in [2.24, 2.45) is 0 Å². The van der Waals surface area contributed by atoms with Crippen LogP contribution in [0.2, 0.25) is 0 Å². The van der Waals surface area contributed by atoms with E-state index < -0.39 is 23.8 Å². The molecule has 0 unspecified atom stereocenters. The number of anilines is 1. The first-order chi connectivity index (χ1) is 10.6. The second-order valence-electron chi connectivity index (χ2n) is 4.81. The summed E-state index contributed by atoms with van der Waals surface area (Å²) >= 11 is 0. The zero-order valence-electron chi connectivity index (χ0n) is 11.4. The molecule has 1 aliphatic heterocycles. The predicted octanol–water partition coefficient (Wildman–Crippen LogP) is 2.32. The van der Waals surface area contributed by atoms with Gasteiger partial charge in [0.2, 0.25) is 6.10 Å². The largest absolute Gasteiger partial charge is 0.478 e. The highest BCUT2D eigenvalue weighted by Gasteiger charge is 2.34. The molecule has 1 N–H and O–H groups in total. The van der Waals surface area contributed by atoms with Crippen LogP contribution in [0.15, 0.2) is 48.5 Å². The Bertz CT molecular complexity index is 746. The minimum Gasteiger partial charge on any atom is -0.478 e. The first-order valence-corrected chi connectivity index (χ1v) is 6.63. The number of carbonyl (C=O) groups excluding carboxylic acids is 1. The standard InChI is InChI=1S/C16H12FNO4/c17-11-6-2-1-5-10(11)15(19)18-9-14(16(20)21)22-13-8-4-3-7-12(13)18/h1-8,14H,9H2,(H,20,21)/t14-/m0/s1. The van der Waals surface area contributed by atoms with Crippen LogP contribution in [0.3, 0.4) is 0 Å². The van der Waals surface area contributed by atoms with E-state index in [2.05, 4.69) is 0 Å². The third-order valence-corrected chi connectivity index (χ3v) is 3.40. The highest BCUT2D eigenvalue weighted by Crippen LogP contribution is 2.34. The van der Waals surface area contributed by atoms with Crippen molar-refractivity contribution in [3.8, 4) is 5.75 Å². The fourth-order valence-electron chi connectivity index (χ4n) is 2.34. The van der Waals surface area contributed by atoms with Crippen LogP contribution < -0.4 is 9.64 Å². The molecule has 0 fully saturated rings. The van der Waals surface area contributed by atoms with Gasteiger partial charge in [-0.1, -0.05) is 24.3 Å². The highest BCUT2D eigenvalue weighted by atomic mass is 19.1. The molecule has 1 heterocycles. The molecule has 6 heteroatoms. The van der Waals surface area contributed by atoms with E-state index in [4.69, 9.17) is 9.84 Å². The Morgan fingerprint density at radius 2 is 1.82 bits per heavy atom. The SMILES string of the molecule is O=C(O)[C@@H]1CN(C(=O)c2ccccc2F)c2ccccc2O1. The Morgan fingerprint density at radius 3 is 2.55 bits per heavy atom. The van der Waals surface area contributed by atoms with Crippen molar-refractivity contribution >= 4 is 17.6 Å². The zero-order chi connectivity index (χ0) is 15.7. The van der Waals surface area contributed by atoms with E-state index in [1.54, 1.807) is 30.3 Å². The first kappa shape index (κ1) is 14.1. The number of carbonyl (C=O) groups is 2. The summed E-state index contributed by atoms with van der Waals surface area (Å²) in [7, 11) is 0. The fourth-order valence-corrected chi connectivity index (χ4v) is 2.34. The Kier molecular flexibility index (Phi) is 3.50. The predicted molar refractivity (Wildman–Crippen MR) is 76.6 cm³/mol. The van der Waals surface area contributed by atoms with Gasteiger partial charge >= 0.3 is 5.97 Å². The highest BCUT2D eigenvalue weighted by molar-refractivity contribution is 6.07. The molecule has 5 nitrogen and oxygen atoms in total. The lowest BCUT2D eigenvalue weighted by molar-refractivity contribution is -0.144. The van der Waals surface area contributed by atoms with Crippen molar-refractivity contribution in [1.82, 2.24) is 0 Å². The number of para-hydroxylation sites is 2. The number of hydrogen-bond donors (Lipinski definition) is 1. The third kappa shape index (κ3) is 2.39. The number of carboxylic acids is 1. The molecule has 1 amide bonds. The maximum atomic E-state index is 13.8. The number of aliphatic carboxylic acids is 1. The quantitative estimate of drug-likeness (QED) is 0.924. The smallest absolute Gasteiger partial charge is 0.346 e. The van der Waals surface area contributed by atoms with Crippen LogP contribution in [-0.2, 0) is 4.79 Å². The van der Waals surface area contributed by atoms with Crippen LogP contribution in [-0.4, -0.2) is 29.6 Å². The van der Waals surface area contributed by atoms with E-state index >= 15 is 0 Å². The van der Waals surface area contributed by atoms with E-state index in [9.17, 15) is 14.0 Å². The van der Waals surface area contributed by atoms with E-state index in [1.807, 2.05) is 0 Å². The molecular weight excluding hydrogens is 289 g/mol. The Morgan fingerprint density at radius 1 is 1.14 bits per heavy atom. The van der Waals surface area contributed by atoms with Gasteiger partial charge in [-0.2, -0.15) is 0 Å². The molecule has 0 spiro atoms. The number of rotatable bonds is 2. The van der Waals surface area contributed by atoms with Gasteiger partial charge in [0.25, 0.3) is 5.91 Å². The summed E-state index contributed by atoms with van der Waals surface area (Å²) in [5.74, 6) is -2.14. The van der Waals surface area contributed by atoms with Gasteiger partial charge in [0.05, 0.1) is 17.8 Å². The number of halogens is 1. The van der Waals surface area contributed by atoms with Gasteiger partial charge in [0.1, 0.15) is 11.6 Å². The Balaban J connectivity index is 2.03. The average Bonchev–Trinajstić information content (AvgIpc) is 2.53. The van der Waals surface area contributed by atoms with Crippen LogP contribution in [0.4, 0.5) is 10.1 Å². The Hall–Kier alpha value is -2.89. The van der Waals surface area contributed by atoms with Gasteiger partial charge in [0.15, 0.2) is 0 Å². The van der Waals surface area contributed by atoms with Crippen LogP contribution >= 0.6 is 0 Å². The normalized spacial score (nSPS) is 16.6. The summed E-state index contributed by atoms with van der Waals surface area (Å²) in [5, 5.41) is 9.15. The van der Waals surface area contributed by atoms with Gasteiger partial charge in [-0.3, -0.25) is 4.79 Å². The molecule has 112 valence electrons. The summed E-state index contributed by atoms with van der Waals surface area (Å²) < 4.78 is 19.2. The molecule has 2 aromatic carbocycles. The summed E-state index contributed by atoms with van der Waals surface area (Å²) in [6.45, 7) is -0.181. The summed E-state index contributed by atoms with van der Waals surface area (Å²) in [6, 6.07) is 12.2. The minimum atomic E-state index is -1.19. The molecule has 0 bridgehead atoms. The number of ether oxygens (including phenoxy) is 1. The second kappa shape index (κ2) is 5.48. The lowest BCUT2D eigenvalue weighted by Gasteiger charge is -2.33. The number of carboxylic acid groups (broad SMARTS) is 1. The van der Waals surface area contributed by atoms with Crippen molar-refractivity contribution in [1.29, 1.82) is 0 Å². The van der Waals surface area contributed by atoms with E-state index in [-0.39, 0.29) is 17.9 Å². The molecule has 0 saturated carbocycles. The monoisotopic (exact) mass is 301 g/mol. The van der Waals surface area contributed by atoms with Gasteiger partial charge in [-0.15, -0.1) is 0 Å². The van der Waals surface area contributed by atoms with Crippen molar-refractivity contribution in [3.63, 3.8) is 0 Å². The van der Waals surface area contributed by atoms with Gasteiger partial charge in [-0.05, 0) is 24.3 Å². The lowest BCUT2D eigenvalue weighted by atomic mass is 10.1. The third-order valence-electron chi connectivity index (χ3n) is 3.40. The Labute approximate surface area is 125 Å².